The molecule has 1 atom stereocenters. The zero-order chi connectivity index (χ0) is 10.6. The number of carbonyl (C=O) groups excluding carboxylic acids is 1. The van der Waals surface area contributed by atoms with Crippen LogP contribution in [0.3, 0.4) is 0 Å². The van der Waals surface area contributed by atoms with Crippen molar-refractivity contribution in [1.82, 2.24) is 4.90 Å². The second-order valence-corrected chi connectivity index (χ2v) is 4.15. The van der Waals surface area contributed by atoms with Crippen molar-refractivity contribution in [3.63, 3.8) is 0 Å². The van der Waals surface area contributed by atoms with E-state index in [0.717, 1.165) is 6.42 Å². The highest BCUT2D eigenvalue weighted by atomic mass is 79.9. The molecular formula is C8H12BrF2NO2. The van der Waals surface area contributed by atoms with Gasteiger partial charge in [-0.05, 0) is 6.42 Å². The van der Waals surface area contributed by atoms with Crippen LogP contribution in [0.15, 0.2) is 0 Å². The van der Waals surface area contributed by atoms with Crippen LogP contribution in [0.4, 0.5) is 8.78 Å². The summed E-state index contributed by atoms with van der Waals surface area (Å²) in [6.45, 7) is 0.690. The van der Waals surface area contributed by atoms with Crippen molar-refractivity contribution < 1.29 is 18.3 Å². The van der Waals surface area contributed by atoms with Crippen molar-refractivity contribution in [2.75, 3.05) is 26.3 Å². The molecule has 1 aliphatic heterocycles. The van der Waals surface area contributed by atoms with Crippen molar-refractivity contribution in [3.05, 3.63) is 0 Å². The van der Waals surface area contributed by atoms with E-state index in [-0.39, 0.29) is 17.3 Å². The number of hydrogen-bond acceptors (Lipinski definition) is 2. The van der Waals surface area contributed by atoms with E-state index in [2.05, 4.69) is 20.7 Å². The first kappa shape index (κ1) is 11.8. The average Bonchev–Trinajstić information content (AvgIpc) is 2.43. The number of ether oxygens (including phenoxy) is 1. The van der Waals surface area contributed by atoms with Crippen LogP contribution >= 0.6 is 15.9 Å². The molecule has 1 fully saturated rings. The number of hydrogen-bond donors (Lipinski definition) is 0. The van der Waals surface area contributed by atoms with Gasteiger partial charge in [0.15, 0.2) is 0 Å². The molecule has 1 amide bonds. The third kappa shape index (κ3) is 3.49. The van der Waals surface area contributed by atoms with Gasteiger partial charge in [-0.2, -0.15) is 0 Å². The second-order valence-electron chi connectivity index (χ2n) is 3.05. The molecule has 0 aromatic carbocycles. The van der Waals surface area contributed by atoms with E-state index < -0.39 is 13.0 Å². The molecule has 1 heterocycles. The van der Waals surface area contributed by atoms with Gasteiger partial charge in [0.25, 0.3) is 6.43 Å². The van der Waals surface area contributed by atoms with Crippen LogP contribution in [0.5, 0.6) is 0 Å². The number of nitrogens with zero attached hydrogens (tertiary/aromatic N) is 1. The molecule has 0 aromatic rings. The molecule has 0 aliphatic carbocycles. The summed E-state index contributed by atoms with van der Waals surface area (Å²) >= 11 is 3.22. The topological polar surface area (TPSA) is 29.5 Å². The monoisotopic (exact) mass is 271 g/mol. The SMILES string of the molecule is O=C1C(Br)CCN1CCOCC(F)F. The summed E-state index contributed by atoms with van der Waals surface area (Å²) in [4.78, 5) is 12.8. The average molecular weight is 272 g/mol. The predicted octanol–water partition coefficient (Wildman–Crippen LogP) is 1.26. The molecule has 0 spiro atoms. The van der Waals surface area contributed by atoms with Gasteiger partial charge in [0.1, 0.15) is 6.61 Å². The van der Waals surface area contributed by atoms with Gasteiger partial charge in [0, 0.05) is 13.1 Å². The summed E-state index contributed by atoms with van der Waals surface area (Å²) in [6.07, 6.45) is -1.67. The molecule has 3 nitrogen and oxygen atoms in total. The lowest BCUT2D eigenvalue weighted by atomic mass is 10.4. The molecule has 0 N–H and O–H groups in total. The van der Waals surface area contributed by atoms with Gasteiger partial charge < -0.3 is 9.64 Å². The molecular weight excluding hydrogens is 260 g/mol. The first-order valence-corrected chi connectivity index (χ1v) is 5.31. The lowest BCUT2D eigenvalue weighted by molar-refractivity contribution is -0.128. The van der Waals surface area contributed by atoms with Crippen molar-refractivity contribution in [2.24, 2.45) is 0 Å². The largest absolute Gasteiger partial charge is 0.374 e. The Balaban J connectivity index is 2.10. The van der Waals surface area contributed by atoms with Crippen molar-refractivity contribution in [3.8, 4) is 0 Å². The lowest BCUT2D eigenvalue weighted by Crippen LogP contribution is -2.31. The maximum absolute atomic E-state index is 11.7. The van der Waals surface area contributed by atoms with Crippen LogP contribution in [0.25, 0.3) is 0 Å². The van der Waals surface area contributed by atoms with E-state index in [1.807, 2.05) is 0 Å². The third-order valence-corrected chi connectivity index (χ3v) is 2.83. The first-order valence-electron chi connectivity index (χ1n) is 4.40. The van der Waals surface area contributed by atoms with E-state index >= 15 is 0 Å². The minimum atomic E-state index is -2.44. The summed E-state index contributed by atoms with van der Waals surface area (Å²) in [7, 11) is 0. The summed E-state index contributed by atoms with van der Waals surface area (Å²) in [5.74, 6) is 0.0191. The number of carbonyl (C=O) groups is 1. The maximum atomic E-state index is 11.7. The molecule has 0 radical (unpaired) electrons. The fourth-order valence-corrected chi connectivity index (χ4v) is 1.76. The van der Waals surface area contributed by atoms with E-state index in [1.165, 1.54) is 0 Å². The Hall–Kier alpha value is -0.230. The highest BCUT2D eigenvalue weighted by molar-refractivity contribution is 9.10. The first-order chi connectivity index (χ1) is 6.61. The van der Waals surface area contributed by atoms with Crippen LogP contribution in [-0.2, 0) is 9.53 Å². The molecule has 6 heteroatoms. The predicted molar refractivity (Wildman–Crippen MR) is 50.7 cm³/mol. The molecule has 0 saturated carbocycles. The normalized spacial score (nSPS) is 22.4. The number of likely N-dealkylation sites (tertiary alicyclic amines) is 1. The van der Waals surface area contributed by atoms with Crippen LogP contribution in [-0.4, -0.2) is 48.4 Å². The van der Waals surface area contributed by atoms with Crippen LogP contribution in [0.2, 0.25) is 0 Å². The van der Waals surface area contributed by atoms with Crippen LogP contribution in [0.1, 0.15) is 6.42 Å². The van der Waals surface area contributed by atoms with Gasteiger partial charge in [0.05, 0.1) is 11.4 Å². The number of amides is 1. The highest BCUT2D eigenvalue weighted by Crippen LogP contribution is 2.17. The molecule has 1 aliphatic rings. The van der Waals surface area contributed by atoms with Crippen LogP contribution in [0, 0.1) is 0 Å². The molecule has 14 heavy (non-hydrogen) atoms. The van der Waals surface area contributed by atoms with Crippen molar-refractivity contribution in [2.45, 2.75) is 17.7 Å². The minimum Gasteiger partial charge on any atom is -0.374 e. The molecule has 1 unspecified atom stereocenters. The number of alkyl halides is 3. The summed E-state index contributed by atoms with van der Waals surface area (Å²) in [5.41, 5.74) is 0. The van der Waals surface area contributed by atoms with E-state index in [1.54, 1.807) is 4.90 Å². The Bertz CT molecular complexity index is 204. The summed E-state index contributed by atoms with van der Waals surface area (Å²) in [6, 6.07) is 0. The standard InChI is InChI=1S/C8H12BrF2NO2/c9-6-1-2-12(8(6)13)3-4-14-5-7(10)11/h6-7H,1-5H2. The Kier molecular flexibility index (Phi) is 4.74. The Labute approximate surface area is 89.5 Å². The van der Waals surface area contributed by atoms with E-state index in [4.69, 9.17) is 0 Å². The second kappa shape index (κ2) is 5.60. The summed E-state index contributed by atoms with van der Waals surface area (Å²) < 4.78 is 28.0. The lowest BCUT2D eigenvalue weighted by Gasteiger charge is -2.15. The molecule has 0 bridgehead atoms. The smallest absolute Gasteiger partial charge is 0.261 e. The highest BCUT2D eigenvalue weighted by Gasteiger charge is 2.28. The minimum absolute atomic E-state index is 0.0191. The van der Waals surface area contributed by atoms with Gasteiger partial charge in [-0.1, -0.05) is 15.9 Å². The van der Waals surface area contributed by atoms with Crippen molar-refractivity contribution >= 4 is 21.8 Å². The van der Waals surface area contributed by atoms with Gasteiger partial charge in [-0.3, -0.25) is 4.79 Å². The van der Waals surface area contributed by atoms with Gasteiger partial charge in [-0.25, -0.2) is 8.78 Å². The zero-order valence-electron chi connectivity index (χ0n) is 7.59. The van der Waals surface area contributed by atoms with E-state index in [0.29, 0.717) is 13.1 Å². The number of rotatable bonds is 5. The van der Waals surface area contributed by atoms with Crippen LogP contribution < -0.4 is 0 Å². The maximum Gasteiger partial charge on any atom is 0.261 e. The fraction of sp³-hybridized carbons (Fsp3) is 0.875. The van der Waals surface area contributed by atoms with Gasteiger partial charge in [0.2, 0.25) is 5.91 Å². The van der Waals surface area contributed by atoms with Crippen molar-refractivity contribution in [1.29, 1.82) is 0 Å². The molecule has 0 aromatic heterocycles. The Morgan fingerprint density at radius 1 is 1.64 bits per heavy atom. The summed E-state index contributed by atoms with van der Waals surface area (Å²) in [5, 5.41) is 0. The number of halogens is 3. The third-order valence-electron chi connectivity index (χ3n) is 1.98. The van der Waals surface area contributed by atoms with E-state index in [9.17, 15) is 13.6 Å². The van der Waals surface area contributed by atoms with Gasteiger partial charge in [-0.15, -0.1) is 0 Å². The molecule has 1 rings (SSSR count). The Morgan fingerprint density at radius 3 is 2.86 bits per heavy atom. The van der Waals surface area contributed by atoms with Gasteiger partial charge >= 0.3 is 0 Å². The quantitative estimate of drug-likeness (QED) is 0.557. The zero-order valence-corrected chi connectivity index (χ0v) is 9.17. The Morgan fingerprint density at radius 2 is 2.36 bits per heavy atom. The molecule has 82 valence electrons. The fourth-order valence-electron chi connectivity index (χ4n) is 1.27. The molecule has 1 saturated heterocycles.